The standard InChI is InChI=1S/C24H26FN7O/c1-14-8-15(2)28-24(27-14)31-12-17-10-30(11-18(17)13-31)23(33)22-19(25)4-3-5-21(22)32-26-9-20(29-32)16-6-7-16/h3-5,8-9,16-18H,6-7,10-13H2,1-2H3/t17-,18+. The predicted molar refractivity (Wildman–Crippen MR) is 120 cm³/mol. The van der Waals surface area contributed by atoms with Crippen LogP contribution in [0.3, 0.4) is 0 Å². The van der Waals surface area contributed by atoms with Crippen LogP contribution in [0.2, 0.25) is 0 Å². The molecule has 1 amide bonds. The summed E-state index contributed by atoms with van der Waals surface area (Å²) in [6.45, 7) is 6.74. The summed E-state index contributed by atoms with van der Waals surface area (Å²) in [6.07, 6.45) is 3.93. The summed E-state index contributed by atoms with van der Waals surface area (Å²) >= 11 is 0. The van der Waals surface area contributed by atoms with Crippen molar-refractivity contribution in [3.63, 3.8) is 0 Å². The number of aryl methyl sites for hydroxylation is 2. The van der Waals surface area contributed by atoms with Gasteiger partial charge in [0.2, 0.25) is 5.95 Å². The van der Waals surface area contributed by atoms with Crippen molar-refractivity contribution >= 4 is 11.9 Å². The lowest BCUT2D eigenvalue weighted by Gasteiger charge is -2.23. The molecule has 3 fully saturated rings. The van der Waals surface area contributed by atoms with Crippen LogP contribution in [0.4, 0.5) is 10.3 Å². The lowest BCUT2D eigenvalue weighted by atomic mass is 10.0. The number of nitrogens with zero attached hydrogens (tertiary/aromatic N) is 7. The van der Waals surface area contributed by atoms with E-state index < -0.39 is 5.82 Å². The highest BCUT2D eigenvalue weighted by molar-refractivity contribution is 5.98. The Morgan fingerprint density at radius 1 is 1.03 bits per heavy atom. The topological polar surface area (TPSA) is 80.0 Å². The fourth-order valence-corrected chi connectivity index (χ4v) is 5.18. The number of rotatable bonds is 4. The number of benzene rings is 1. The van der Waals surface area contributed by atoms with Crippen molar-refractivity contribution < 1.29 is 9.18 Å². The number of carbonyl (C=O) groups excluding carboxylic acids is 1. The predicted octanol–water partition coefficient (Wildman–Crippen LogP) is 2.90. The van der Waals surface area contributed by atoms with E-state index >= 15 is 0 Å². The second-order valence-corrected chi connectivity index (χ2v) is 9.55. The molecule has 2 saturated heterocycles. The zero-order valence-electron chi connectivity index (χ0n) is 18.8. The van der Waals surface area contributed by atoms with E-state index in [1.165, 1.54) is 10.9 Å². The first-order valence-corrected chi connectivity index (χ1v) is 11.5. The fourth-order valence-electron chi connectivity index (χ4n) is 5.18. The third-order valence-corrected chi connectivity index (χ3v) is 6.95. The number of halogens is 1. The first-order valence-electron chi connectivity index (χ1n) is 11.5. The second kappa shape index (κ2) is 7.60. The molecule has 2 aliphatic heterocycles. The number of hydrogen-bond donors (Lipinski definition) is 0. The normalized spacial score (nSPS) is 22.2. The quantitative estimate of drug-likeness (QED) is 0.612. The summed E-state index contributed by atoms with van der Waals surface area (Å²) in [7, 11) is 0. The van der Waals surface area contributed by atoms with E-state index in [0.29, 0.717) is 36.5 Å². The molecule has 0 N–H and O–H groups in total. The number of carbonyl (C=O) groups is 1. The first-order chi connectivity index (χ1) is 16.0. The number of fused-ring (bicyclic) bond motifs is 1. The third-order valence-electron chi connectivity index (χ3n) is 6.95. The molecule has 1 saturated carbocycles. The number of hydrogen-bond acceptors (Lipinski definition) is 6. The Labute approximate surface area is 191 Å². The summed E-state index contributed by atoms with van der Waals surface area (Å²) in [6, 6.07) is 6.61. The van der Waals surface area contributed by atoms with Crippen LogP contribution in [-0.2, 0) is 0 Å². The zero-order valence-corrected chi connectivity index (χ0v) is 18.8. The maximum atomic E-state index is 14.9. The Bertz CT molecular complexity index is 1200. The lowest BCUT2D eigenvalue weighted by Crippen LogP contribution is -2.35. The van der Waals surface area contributed by atoms with Gasteiger partial charge in [-0.25, -0.2) is 14.4 Å². The van der Waals surface area contributed by atoms with Crippen molar-refractivity contribution in [1.82, 2.24) is 29.9 Å². The van der Waals surface area contributed by atoms with Crippen molar-refractivity contribution in [1.29, 1.82) is 0 Å². The van der Waals surface area contributed by atoms with Crippen molar-refractivity contribution in [2.24, 2.45) is 11.8 Å². The largest absolute Gasteiger partial charge is 0.340 e. The number of amides is 1. The van der Waals surface area contributed by atoms with Crippen LogP contribution in [0.25, 0.3) is 5.69 Å². The fraction of sp³-hybridized carbons (Fsp3) is 0.458. The van der Waals surface area contributed by atoms with E-state index in [2.05, 4.69) is 25.1 Å². The minimum absolute atomic E-state index is 0.0462. The molecule has 0 radical (unpaired) electrons. The highest BCUT2D eigenvalue weighted by atomic mass is 19.1. The summed E-state index contributed by atoms with van der Waals surface area (Å²) in [5.41, 5.74) is 3.26. The van der Waals surface area contributed by atoms with Crippen LogP contribution >= 0.6 is 0 Å². The Morgan fingerprint density at radius 3 is 2.39 bits per heavy atom. The van der Waals surface area contributed by atoms with Gasteiger partial charge in [-0.1, -0.05) is 6.07 Å². The minimum atomic E-state index is -0.537. The van der Waals surface area contributed by atoms with Gasteiger partial charge in [0.05, 0.1) is 11.9 Å². The minimum Gasteiger partial charge on any atom is -0.340 e. The highest BCUT2D eigenvalue weighted by Gasteiger charge is 2.43. The van der Waals surface area contributed by atoms with E-state index in [0.717, 1.165) is 49.0 Å². The molecule has 2 aromatic heterocycles. The maximum absolute atomic E-state index is 14.9. The first kappa shape index (κ1) is 20.3. The van der Waals surface area contributed by atoms with Crippen LogP contribution in [0, 0.1) is 31.5 Å². The monoisotopic (exact) mass is 447 g/mol. The molecular formula is C24H26FN7O. The van der Waals surface area contributed by atoms with Crippen LogP contribution < -0.4 is 4.90 Å². The molecule has 1 aromatic carbocycles. The molecule has 0 unspecified atom stereocenters. The summed E-state index contributed by atoms with van der Waals surface area (Å²) in [5, 5.41) is 8.84. The van der Waals surface area contributed by atoms with E-state index in [4.69, 9.17) is 0 Å². The van der Waals surface area contributed by atoms with Gasteiger partial charge < -0.3 is 9.80 Å². The Hall–Kier alpha value is -3.36. The van der Waals surface area contributed by atoms with Gasteiger partial charge in [-0.3, -0.25) is 4.79 Å². The molecule has 33 heavy (non-hydrogen) atoms. The molecule has 170 valence electrons. The average Bonchev–Trinajstić information content (AvgIpc) is 3.18. The van der Waals surface area contributed by atoms with Crippen molar-refractivity contribution in [2.45, 2.75) is 32.6 Å². The van der Waals surface area contributed by atoms with E-state index in [1.807, 2.05) is 19.9 Å². The lowest BCUT2D eigenvalue weighted by molar-refractivity contribution is 0.0777. The summed E-state index contributed by atoms with van der Waals surface area (Å²) < 4.78 is 14.9. The van der Waals surface area contributed by atoms with Gasteiger partial charge in [0.25, 0.3) is 5.91 Å². The van der Waals surface area contributed by atoms with Gasteiger partial charge in [-0.15, -0.1) is 0 Å². The van der Waals surface area contributed by atoms with Gasteiger partial charge in [0, 0.05) is 55.3 Å². The van der Waals surface area contributed by atoms with E-state index in [9.17, 15) is 9.18 Å². The van der Waals surface area contributed by atoms with Crippen molar-refractivity contribution in [3.05, 3.63) is 58.9 Å². The Morgan fingerprint density at radius 2 is 1.73 bits per heavy atom. The van der Waals surface area contributed by atoms with Crippen molar-refractivity contribution in [2.75, 3.05) is 31.1 Å². The molecular weight excluding hydrogens is 421 g/mol. The zero-order chi connectivity index (χ0) is 22.7. The molecule has 2 atom stereocenters. The molecule has 0 bridgehead atoms. The molecule has 9 heteroatoms. The van der Waals surface area contributed by atoms with Crippen LogP contribution in [0.1, 0.15) is 46.2 Å². The Kier molecular flexibility index (Phi) is 4.67. The Balaban J connectivity index is 1.21. The summed E-state index contributed by atoms with van der Waals surface area (Å²) in [5.74, 6) is 0.999. The molecule has 6 rings (SSSR count). The van der Waals surface area contributed by atoms with E-state index in [-0.39, 0.29) is 11.5 Å². The molecule has 4 heterocycles. The van der Waals surface area contributed by atoms with Crippen LogP contribution in [0.15, 0.2) is 30.5 Å². The molecule has 0 spiro atoms. The van der Waals surface area contributed by atoms with Gasteiger partial charge in [0.1, 0.15) is 17.1 Å². The number of likely N-dealkylation sites (tertiary alicyclic amines) is 1. The maximum Gasteiger partial charge on any atom is 0.259 e. The number of aromatic nitrogens is 5. The third kappa shape index (κ3) is 3.65. The smallest absolute Gasteiger partial charge is 0.259 e. The molecule has 3 aromatic rings. The summed E-state index contributed by atoms with van der Waals surface area (Å²) in [4.78, 5) is 28.0. The molecule has 3 aliphatic rings. The molecule has 8 nitrogen and oxygen atoms in total. The van der Waals surface area contributed by atoms with E-state index in [1.54, 1.807) is 23.2 Å². The van der Waals surface area contributed by atoms with Gasteiger partial charge in [-0.2, -0.15) is 15.0 Å². The van der Waals surface area contributed by atoms with Gasteiger partial charge in [-0.05, 0) is 44.9 Å². The second-order valence-electron chi connectivity index (χ2n) is 9.55. The van der Waals surface area contributed by atoms with Crippen LogP contribution in [0.5, 0.6) is 0 Å². The number of anilines is 1. The molecule has 1 aliphatic carbocycles. The average molecular weight is 448 g/mol. The van der Waals surface area contributed by atoms with Gasteiger partial charge >= 0.3 is 0 Å². The van der Waals surface area contributed by atoms with Crippen LogP contribution in [-0.4, -0.2) is 61.9 Å². The SMILES string of the molecule is Cc1cc(C)nc(N2C[C@H]3CN(C(=O)c4c(F)cccc4-n4ncc(C5CC5)n4)C[C@H]3C2)n1. The van der Waals surface area contributed by atoms with Crippen molar-refractivity contribution in [3.8, 4) is 5.69 Å². The highest BCUT2D eigenvalue weighted by Crippen LogP contribution is 2.39. The van der Waals surface area contributed by atoms with Gasteiger partial charge in [0.15, 0.2) is 0 Å².